The third-order valence-electron chi connectivity index (χ3n) is 5.63. The minimum absolute atomic E-state index is 0.0139. The van der Waals surface area contributed by atoms with Crippen LogP contribution in [0.15, 0.2) is 108 Å². The number of carbonyl (C=O) groups excluding carboxylic acids is 3. The van der Waals surface area contributed by atoms with E-state index in [9.17, 15) is 14.4 Å². The second kappa shape index (κ2) is 14.4. The number of benzene rings is 4. The molecule has 7 nitrogen and oxygen atoms in total. The number of carbonyl (C=O) groups is 3. The summed E-state index contributed by atoms with van der Waals surface area (Å²) in [5, 5.41) is 9.09. The van der Waals surface area contributed by atoms with Crippen molar-refractivity contribution in [2.45, 2.75) is 4.90 Å². The first-order valence-corrected chi connectivity index (χ1v) is 14.1. The first-order chi connectivity index (χ1) is 19.8. The number of amides is 3. The summed E-state index contributed by atoms with van der Waals surface area (Å²) in [5.41, 5.74) is 2.02. The van der Waals surface area contributed by atoms with Crippen molar-refractivity contribution in [3.05, 3.63) is 124 Å². The van der Waals surface area contributed by atoms with Crippen LogP contribution in [0.1, 0.15) is 15.9 Å². The number of methoxy groups -OCH3 is 1. The molecule has 0 aromatic heterocycles. The molecular formula is C31H25Cl2N3O4S. The van der Waals surface area contributed by atoms with Crippen LogP contribution in [-0.2, 0) is 9.59 Å². The van der Waals surface area contributed by atoms with Gasteiger partial charge >= 0.3 is 0 Å². The predicted molar refractivity (Wildman–Crippen MR) is 166 cm³/mol. The molecule has 0 aliphatic heterocycles. The molecular weight excluding hydrogens is 581 g/mol. The molecule has 0 heterocycles. The maximum Gasteiger partial charge on any atom is 0.272 e. The number of hydrogen-bond acceptors (Lipinski definition) is 5. The molecule has 0 aliphatic carbocycles. The van der Waals surface area contributed by atoms with Gasteiger partial charge in [0.15, 0.2) is 0 Å². The zero-order valence-electron chi connectivity index (χ0n) is 21.8. The number of ether oxygens (including phenoxy) is 1. The van der Waals surface area contributed by atoms with Crippen molar-refractivity contribution in [1.29, 1.82) is 0 Å². The summed E-state index contributed by atoms with van der Waals surface area (Å²) in [5.74, 6) is -0.325. The number of hydrogen-bond donors (Lipinski definition) is 3. The molecule has 4 aromatic rings. The Bertz CT molecular complexity index is 1580. The maximum atomic E-state index is 13.3. The van der Waals surface area contributed by atoms with Gasteiger partial charge in [0, 0.05) is 31.9 Å². The van der Waals surface area contributed by atoms with E-state index >= 15 is 0 Å². The molecule has 0 aliphatic rings. The molecule has 0 saturated heterocycles. The standard InChI is InChI=1S/C31H25Cl2N3O4S/c1-40-25-14-12-23(13-15-25)34-29(37)19-41-26-9-5-8-24(18-26)35-31(39)28(16-21-10-11-22(32)17-27(21)33)36-30(38)20-6-3-2-4-7-20/h2-18H,19H2,1H3,(H,34,37)(H,35,39)(H,36,38)/b28-16+. The molecule has 0 fully saturated rings. The number of nitrogens with one attached hydrogen (secondary N) is 3. The molecule has 0 spiro atoms. The Morgan fingerprint density at radius 3 is 2.29 bits per heavy atom. The van der Waals surface area contributed by atoms with Gasteiger partial charge in [-0.05, 0) is 78.4 Å². The van der Waals surface area contributed by atoms with Crippen molar-refractivity contribution >= 4 is 70.1 Å². The zero-order valence-corrected chi connectivity index (χ0v) is 24.1. The van der Waals surface area contributed by atoms with E-state index in [1.54, 1.807) is 98.1 Å². The van der Waals surface area contributed by atoms with Gasteiger partial charge in [-0.15, -0.1) is 11.8 Å². The van der Waals surface area contributed by atoms with Crippen molar-refractivity contribution in [1.82, 2.24) is 5.32 Å². The minimum Gasteiger partial charge on any atom is -0.497 e. The summed E-state index contributed by atoms with van der Waals surface area (Å²) in [7, 11) is 1.58. The fraction of sp³-hybridized carbons (Fsp3) is 0.0645. The fourth-order valence-electron chi connectivity index (χ4n) is 3.60. The minimum atomic E-state index is -0.556. The van der Waals surface area contributed by atoms with Gasteiger partial charge in [0.1, 0.15) is 11.4 Å². The summed E-state index contributed by atoms with van der Waals surface area (Å²) in [6.45, 7) is 0. The van der Waals surface area contributed by atoms with Crippen molar-refractivity contribution in [2.75, 3.05) is 23.5 Å². The molecule has 4 rings (SSSR count). The van der Waals surface area contributed by atoms with Crippen LogP contribution in [0.5, 0.6) is 5.75 Å². The Morgan fingerprint density at radius 1 is 0.829 bits per heavy atom. The van der Waals surface area contributed by atoms with Gasteiger partial charge in [-0.1, -0.05) is 53.5 Å². The third-order valence-corrected chi connectivity index (χ3v) is 7.18. The monoisotopic (exact) mass is 605 g/mol. The molecule has 41 heavy (non-hydrogen) atoms. The lowest BCUT2D eigenvalue weighted by Gasteiger charge is -2.13. The fourth-order valence-corrected chi connectivity index (χ4v) is 4.82. The van der Waals surface area contributed by atoms with Crippen LogP contribution in [0.4, 0.5) is 11.4 Å². The Labute approximate surface area is 251 Å². The van der Waals surface area contributed by atoms with Crippen LogP contribution in [0.2, 0.25) is 10.0 Å². The molecule has 208 valence electrons. The lowest BCUT2D eigenvalue weighted by molar-refractivity contribution is -0.114. The molecule has 10 heteroatoms. The van der Waals surface area contributed by atoms with Crippen LogP contribution in [0.25, 0.3) is 6.08 Å². The lowest BCUT2D eigenvalue weighted by atomic mass is 10.1. The molecule has 0 radical (unpaired) electrons. The Morgan fingerprint density at radius 2 is 1.59 bits per heavy atom. The molecule has 0 unspecified atom stereocenters. The van der Waals surface area contributed by atoms with Gasteiger partial charge in [-0.25, -0.2) is 0 Å². The highest BCUT2D eigenvalue weighted by Crippen LogP contribution is 2.25. The topological polar surface area (TPSA) is 96.5 Å². The molecule has 0 saturated carbocycles. The van der Waals surface area contributed by atoms with Crippen molar-refractivity contribution in [3.8, 4) is 5.75 Å². The summed E-state index contributed by atoms with van der Waals surface area (Å²) >= 11 is 13.7. The average Bonchev–Trinajstić information content (AvgIpc) is 2.98. The third kappa shape index (κ3) is 8.88. The number of rotatable bonds is 10. The van der Waals surface area contributed by atoms with E-state index in [0.29, 0.717) is 38.3 Å². The Hall–Kier alpha value is -4.24. The molecule has 0 bridgehead atoms. The first kappa shape index (κ1) is 29.7. The van der Waals surface area contributed by atoms with E-state index in [1.807, 2.05) is 6.07 Å². The van der Waals surface area contributed by atoms with Gasteiger partial charge in [-0.2, -0.15) is 0 Å². The van der Waals surface area contributed by atoms with Gasteiger partial charge < -0.3 is 20.7 Å². The smallest absolute Gasteiger partial charge is 0.272 e. The summed E-state index contributed by atoms with van der Waals surface area (Å²) in [4.78, 5) is 39.4. The highest BCUT2D eigenvalue weighted by molar-refractivity contribution is 8.00. The van der Waals surface area contributed by atoms with E-state index in [4.69, 9.17) is 27.9 Å². The Balaban J connectivity index is 1.45. The van der Waals surface area contributed by atoms with E-state index < -0.39 is 11.8 Å². The zero-order chi connectivity index (χ0) is 29.2. The van der Waals surface area contributed by atoms with Crippen molar-refractivity contribution < 1.29 is 19.1 Å². The SMILES string of the molecule is COc1ccc(NC(=O)CSc2cccc(NC(=O)/C(=C\c3ccc(Cl)cc3Cl)NC(=O)c3ccccc3)c2)cc1. The number of halogens is 2. The van der Waals surface area contributed by atoms with E-state index in [2.05, 4.69) is 16.0 Å². The maximum absolute atomic E-state index is 13.3. The van der Waals surface area contributed by atoms with Crippen molar-refractivity contribution in [2.24, 2.45) is 0 Å². The molecule has 3 amide bonds. The van der Waals surface area contributed by atoms with Crippen LogP contribution < -0.4 is 20.7 Å². The highest BCUT2D eigenvalue weighted by atomic mass is 35.5. The summed E-state index contributed by atoms with van der Waals surface area (Å²) in [6.07, 6.45) is 1.48. The first-order valence-electron chi connectivity index (χ1n) is 12.3. The van der Waals surface area contributed by atoms with Gasteiger partial charge in [0.25, 0.3) is 11.8 Å². The summed E-state index contributed by atoms with van der Waals surface area (Å²) < 4.78 is 5.13. The van der Waals surface area contributed by atoms with Gasteiger partial charge in [0.05, 0.1) is 12.9 Å². The summed E-state index contributed by atoms with van der Waals surface area (Å²) in [6, 6.07) is 27.5. The van der Waals surface area contributed by atoms with Gasteiger partial charge in [0.2, 0.25) is 5.91 Å². The van der Waals surface area contributed by atoms with Crippen LogP contribution in [0, 0.1) is 0 Å². The number of thioether (sulfide) groups is 1. The second-order valence-electron chi connectivity index (χ2n) is 8.59. The van der Waals surface area contributed by atoms with Crippen LogP contribution >= 0.6 is 35.0 Å². The number of anilines is 2. The van der Waals surface area contributed by atoms with Crippen LogP contribution in [0.3, 0.4) is 0 Å². The van der Waals surface area contributed by atoms with E-state index in [0.717, 1.165) is 4.90 Å². The molecule has 4 aromatic carbocycles. The molecule has 3 N–H and O–H groups in total. The lowest BCUT2D eigenvalue weighted by Crippen LogP contribution is -2.30. The highest BCUT2D eigenvalue weighted by Gasteiger charge is 2.16. The predicted octanol–water partition coefficient (Wildman–Crippen LogP) is 7.14. The molecule has 0 atom stereocenters. The average molecular weight is 607 g/mol. The van der Waals surface area contributed by atoms with Crippen molar-refractivity contribution in [3.63, 3.8) is 0 Å². The quantitative estimate of drug-likeness (QED) is 0.132. The van der Waals surface area contributed by atoms with E-state index in [-0.39, 0.29) is 17.4 Å². The van der Waals surface area contributed by atoms with Gasteiger partial charge in [-0.3, -0.25) is 14.4 Å². The van der Waals surface area contributed by atoms with Crippen LogP contribution in [-0.4, -0.2) is 30.6 Å². The normalized spacial score (nSPS) is 11.0. The Kier molecular flexibility index (Phi) is 10.5. The van der Waals surface area contributed by atoms with E-state index in [1.165, 1.54) is 17.8 Å². The largest absolute Gasteiger partial charge is 0.497 e. The second-order valence-corrected chi connectivity index (χ2v) is 10.5.